The predicted octanol–water partition coefficient (Wildman–Crippen LogP) is 0.725. The van der Waals surface area contributed by atoms with Crippen LogP contribution in [-0.4, -0.2) is 14.7 Å². The molecule has 0 aromatic carbocycles. The molecule has 2 aromatic heterocycles. The van der Waals surface area contributed by atoms with Crippen LogP contribution in [0.3, 0.4) is 0 Å². The summed E-state index contributed by atoms with van der Waals surface area (Å²) in [6, 6.07) is 6.68. The fourth-order valence-corrected chi connectivity index (χ4v) is 1.33. The number of nitrogens with zero attached hydrogens (tertiary/aromatic N) is 2. The van der Waals surface area contributed by atoms with Crippen molar-refractivity contribution in [1.82, 2.24) is 9.55 Å². The summed E-state index contributed by atoms with van der Waals surface area (Å²) in [6.07, 6.45) is 4.89. The normalized spacial score (nSPS) is 10.2. The van der Waals surface area contributed by atoms with Gasteiger partial charge < -0.3 is 5.11 Å². The van der Waals surface area contributed by atoms with Crippen LogP contribution in [0.1, 0.15) is 5.56 Å². The molecule has 0 radical (unpaired) electrons. The number of aromatic nitrogens is 2. The molecule has 76 valence electrons. The maximum atomic E-state index is 11.6. The number of pyridine rings is 2. The Morgan fingerprint density at radius 2 is 2.27 bits per heavy atom. The second-order valence-electron chi connectivity index (χ2n) is 3.11. The molecule has 1 N–H and O–H groups in total. The molecule has 4 nitrogen and oxygen atoms in total. The van der Waals surface area contributed by atoms with Gasteiger partial charge in [-0.05, 0) is 23.8 Å². The first kappa shape index (κ1) is 9.61. The Bertz CT molecular complexity index is 505. The Balaban J connectivity index is 2.51. The Morgan fingerprint density at radius 1 is 1.40 bits per heavy atom. The van der Waals surface area contributed by atoms with Crippen molar-refractivity contribution < 1.29 is 5.11 Å². The zero-order valence-corrected chi connectivity index (χ0v) is 8.00. The third kappa shape index (κ3) is 1.94. The molecule has 0 aliphatic heterocycles. The molecule has 0 aliphatic carbocycles. The summed E-state index contributed by atoms with van der Waals surface area (Å²) in [6.45, 7) is -0.122. The fraction of sp³-hybridized carbons (Fsp3) is 0.0909. The van der Waals surface area contributed by atoms with Gasteiger partial charge >= 0.3 is 0 Å². The minimum Gasteiger partial charge on any atom is -0.392 e. The van der Waals surface area contributed by atoms with Gasteiger partial charge in [0.25, 0.3) is 5.56 Å². The van der Waals surface area contributed by atoms with Gasteiger partial charge in [0.2, 0.25) is 0 Å². The van der Waals surface area contributed by atoms with E-state index in [2.05, 4.69) is 4.98 Å². The zero-order valence-electron chi connectivity index (χ0n) is 8.00. The number of hydrogen-bond acceptors (Lipinski definition) is 3. The second-order valence-corrected chi connectivity index (χ2v) is 3.11. The molecule has 0 saturated carbocycles. The highest BCUT2D eigenvalue weighted by atomic mass is 16.3. The first-order valence-corrected chi connectivity index (χ1v) is 4.54. The van der Waals surface area contributed by atoms with Crippen molar-refractivity contribution >= 4 is 0 Å². The highest BCUT2D eigenvalue weighted by Gasteiger charge is 1.99. The van der Waals surface area contributed by atoms with Crippen LogP contribution < -0.4 is 5.56 Å². The number of rotatable bonds is 2. The van der Waals surface area contributed by atoms with Gasteiger partial charge in [-0.25, -0.2) is 0 Å². The molecule has 2 aromatic rings. The lowest BCUT2D eigenvalue weighted by atomic mass is 10.3. The van der Waals surface area contributed by atoms with Gasteiger partial charge in [0.1, 0.15) is 0 Å². The van der Waals surface area contributed by atoms with Crippen LogP contribution in [0.5, 0.6) is 0 Å². The van der Waals surface area contributed by atoms with Crippen molar-refractivity contribution in [2.75, 3.05) is 0 Å². The van der Waals surface area contributed by atoms with E-state index in [9.17, 15) is 4.79 Å². The number of hydrogen-bond donors (Lipinski definition) is 1. The Labute approximate surface area is 86.5 Å². The second kappa shape index (κ2) is 4.06. The summed E-state index contributed by atoms with van der Waals surface area (Å²) in [5.74, 6) is 0. The summed E-state index contributed by atoms with van der Waals surface area (Å²) in [5, 5.41) is 8.86. The molecule has 2 heterocycles. The van der Waals surface area contributed by atoms with Gasteiger partial charge in [0, 0.05) is 18.5 Å². The van der Waals surface area contributed by atoms with Crippen LogP contribution in [0.2, 0.25) is 0 Å². The van der Waals surface area contributed by atoms with E-state index in [1.807, 2.05) is 0 Å². The van der Waals surface area contributed by atoms with Crippen molar-refractivity contribution in [3.05, 3.63) is 58.8 Å². The lowest BCUT2D eigenvalue weighted by Crippen LogP contribution is -2.17. The van der Waals surface area contributed by atoms with Crippen molar-refractivity contribution in [2.24, 2.45) is 0 Å². The van der Waals surface area contributed by atoms with Crippen LogP contribution in [-0.2, 0) is 6.61 Å². The monoisotopic (exact) mass is 202 g/mol. The Morgan fingerprint density at radius 3 is 2.87 bits per heavy atom. The maximum absolute atomic E-state index is 11.6. The quantitative estimate of drug-likeness (QED) is 0.780. The first-order valence-electron chi connectivity index (χ1n) is 4.54. The van der Waals surface area contributed by atoms with Crippen LogP contribution in [0.4, 0.5) is 0 Å². The molecule has 0 fully saturated rings. The van der Waals surface area contributed by atoms with Crippen molar-refractivity contribution in [3.63, 3.8) is 0 Å². The first-order chi connectivity index (χ1) is 7.31. The van der Waals surface area contributed by atoms with Gasteiger partial charge in [-0.15, -0.1) is 0 Å². The molecule has 0 bridgehead atoms. The summed E-state index contributed by atoms with van der Waals surface area (Å²) in [4.78, 5) is 15.6. The van der Waals surface area contributed by atoms with Crippen LogP contribution in [0, 0.1) is 0 Å². The fourth-order valence-electron chi connectivity index (χ4n) is 1.33. The van der Waals surface area contributed by atoms with Crippen molar-refractivity contribution in [2.45, 2.75) is 6.61 Å². The minimum atomic E-state index is -0.172. The molecule has 0 unspecified atom stereocenters. The van der Waals surface area contributed by atoms with Gasteiger partial charge in [-0.2, -0.15) is 0 Å². The Hall–Kier alpha value is -1.94. The van der Waals surface area contributed by atoms with Crippen LogP contribution in [0.15, 0.2) is 47.7 Å². The maximum Gasteiger partial charge on any atom is 0.255 e. The molecule has 4 heteroatoms. The van der Waals surface area contributed by atoms with Crippen molar-refractivity contribution in [3.8, 4) is 5.69 Å². The highest BCUT2D eigenvalue weighted by molar-refractivity contribution is 5.29. The van der Waals surface area contributed by atoms with E-state index in [-0.39, 0.29) is 12.2 Å². The number of aliphatic hydroxyl groups excluding tert-OH is 1. The lowest BCUT2D eigenvalue weighted by molar-refractivity contribution is 0.281. The lowest BCUT2D eigenvalue weighted by Gasteiger charge is -2.04. The van der Waals surface area contributed by atoms with E-state index < -0.39 is 0 Å². The molecule has 15 heavy (non-hydrogen) atoms. The van der Waals surface area contributed by atoms with Gasteiger partial charge in [-0.1, -0.05) is 0 Å². The molecule has 0 spiro atoms. The largest absolute Gasteiger partial charge is 0.392 e. The van der Waals surface area contributed by atoms with Crippen LogP contribution in [0.25, 0.3) is 5.69 Å². The average Bonchev–Trinajstić information content (AvgIpc) is 2.30. The van der Waals surface area contributed by atoms with E-state index in [1.54, 1.807) is 36.8 Å². The van der Waals surface area contributed by atoms with E-state index in [4.69, 9.17) is 5.11 Å². The molecular weight excluding hydrogens is 192 g/mol. The predicted molar refractivity (Wildman–Crippen MR) is 55.8 cm³/mol. The van der Waals surface area contributed by atoms with Crippen molar-refractivity contribution in [1.29, 1.82) is 0 Å². The smallest absolute Gasteiger partial charge is 0.255 e. The molecule has 0 atom stereocenters. The standard InChI is InChI=1S/C11H10N2O2/c14-8-9-3-5-13(11(15)6-9)10-2-1-4-12-7-10/h1-7,14H,8H2. The summed E-state index contributed by atoms with van der Waals surface area (Å²) >= 11 is 0. The van der Waals surface area contributed by atoms with E-state index in [1.165, 1.54) is 10.6 Å². The summed E-state index contributed by atoms with van der Waals surface area (Å²) in [5.41, 5.74) is 1.15. The number of aliphatic hydroxyl groups is 1. The molecular formula is C11H10N2O2. The van der Waals surface area contributed by atoms with E-state index in [0.29, 0.717) is 11.3 Å². The summed E-state index contributed by atoms with van der Waals surface area (Å²) in [7, 11) is 0. The van der Waals surface area contributed by atoms with Gasteiger partial charge in [0.15, 0.2) is 0 Å². The minimum absolute atomic E-state index is 0.122. The van der Waals surface area contributed by atoms with Gasteiger partial charge in [0.05, 0.1) is 18.5 Å². The molecule has 0 saturated heterocycles. The molecule has 0 amide bonds. The van der Waals surface area contributed by atoms with E-state index in [0.717, 1.165) is 0 Å². The third-order valence-electron chi connectivity index (χ3n) is 2.09. The molecule has 0 aliphatic rings. The summed E-state index contributed by atoms with van der Waals surface area (Å²) < 4.78 is 1.48. The zero-order chi connectivity index (χ0) is 10.7. The average molecular weight is 202 g/mol. The Kier molecular flexibility index (Phi) is 2.60. The highest BCUT2D eigenvalue weighted by Crippen LogP contribution is 2.02. The topological polar surface area (TPSA) is 55.1 Å². The van der Waals surface area contributed by atoms with E-state index >= 15 is 0 Å². The SMILES string of the molecule is O=c1cc(CO)ccn1-c1cccnc1. The van der Waals surface area contributed by atoms with Gasteiger partial charge in [-0.3, -0.25) is 14.3 Å². The molecule has 2 rings (SSSR count). The third-order valence-corrected chi connectivity index (χ3v) is 2.09. The van der Waals surface area contributed by atoms with Crippen LogP contribution >= 0.6 is 0 Å².